The van der Waals surface area contributed by atoms with Crippen LogP contribution < -0.4 is 5.32 Å². The van der Waals surface area contributed by atoms with Crippen LogP contribution >= 0.6 is 0 Å². The zero-order chi connectivity index (χ0) is 12.7. The van der Waals surface area contributed by atoms with Gasteiger partial charge in [-0.05, 0) is 38.3 Å². The van der Waals surface area contributed by atoms with Crippen molar-refractivity contribution in [3.8, 4) is 0 Å². The average Bonchev–Trinajstić information content (AvgIpc) is 2.34. The third-order valence-corrected chi connectivity index (χ3v) is 5.36. The van der Waals surface area contributed by atoms with Crippen LogP contribution in [0.1, 0.15) is 39.5 Å². The molecule has 0 amide bonds. The molecule has 0 radical (unpaired) electrons. The fourth-order valence-electron chi connectivity index (χ4n) is 2.20. The summed E-state index contributed by atoms with van der Waals surface area (Å²) in [7, 11) is -2.98. The van der Waals surface area contributed by atoms with Crippen molar-refractivity contribution in [2.75, 3.05) is 31.9 Å². The summed E-state index contributed by atoms with van der Waals surface area (Å²) >= 11 is 0. The highest BCUT2D eigenvalue weighted by atomic mass is 32.2. The van der Waals surface area contributed by atoms with Crippen molar-refractivity contribution in [3.05, 3.63) is 0 Å². The Balaban J connectivity index is 2.35. The predicted octanol–water partition coefficient (Wildman–Crippen LogP) is 1.44. The number of rotatable bonds is 7. The Morgan fingerprint density at radius 1 is 1.24 bits per heavy atom. The molecule has 4 nitrogen and oxygen atoms in total. The first kappa shape index (κ1) is 14.9. The standard InChI is InChI=1S/C12H26N2O2S/c1-3-5-10-17(15,16)14-8-6-12(7-9-14)11-13-4-2/h12-13H,3-11H2,1-2H3. The molecule has 1 N–H and O–H groups in total. The fraction of sp³-hybridized carbons (Fsp3) is 1.00. The Bertz CT molecular complexity index is 296. The molecule has 1 fully saturated rings. The third-order valence-electron chi connectivity index (χ3n) is 3.41. The smallest absolute Gasteiger partial charge is 0.214 e. The van der Waals surface area contributed by atoms with Gasteiger partial charge in [-0.1, -0.05) is 20.3 Å². The molecule has 1 saturated heterocycles. The first-order valence-electron chi connectivity index (χ1n) is 6.78. The van der Waals surface area contributed by atoms with Crippen LogP contribution in [0.2, 0.25) is 0 Å². The van der Waals surface area contributed by atoms with E-state index < -0.39 is 10.0 Å². The van der Waals surface area contributed by atoms with Gasteiger partial charge in [-0.2, -0.15) is 0 Å². The SMILES string of the molecule is CCCCS(=O)(=O)N1CCC(CNCC)CC1. The molecule has 0 bridgehead atoms. The molecular formula is C12H26N2O2S. The van der Waals surface area contributed by atoms with Gasteiger partial charge in [-0.3, -0.25) is 0 Å². The maximum Gasteiger partial charge on any atom is 0.214 e. The van der Waals surface area contributed by atoms with Crippen molar-refractivity contribution in [3.63, 3.8) is 0 Å². The molecule has 1 aliphatic heterocycles. The molecule has 1 heterocycles. The quantitative estimate of drug-likeness (QED) is 0.755. The number of piperidine rings is 1. The van der Waals surface area contributed by atoms with E-state index in [1.54, 1.807) is 4.31 Å². The largest absolute Gasteiger partial charge is 0.317 e. The molecule has 0 aromatic carbocycles. The van der Waals surface area contributed by atoms with Gasteiger partial charge < -0.3 is 5.32 Å². The van der Waals surface area contributed by atoms with Crippen LogP contribution in [0.25, 0.3) is 0 Å². The van der Waals surface area contributed by atoms with Crippen LogP contribution in [0, 0.1) is 5.92 Å². The van der Waals surface area contributed by atoms with Crippen molar-refractivity contribution in [2.45, 2.75) is 39.5 Å². The zero-order valence-electron chi connectivity index (χ0n) is 11.1. The predicted molar refractivity (Wildman–Crippen MR) is 71.5 cm³/mol. The minimum Gasteiger partial charge on any atom is -0.317 e. The summed E-state index contributed by atoms with van der Waals surface area (Å²) in [6.07, 6.45) is 3.71. The highest BCUT2D eigenvalue weighted by molar-refractivity contribution is 7.89. The summed E-state index contributed by atoms with van der Waals surface area (Å²) in [6.45, 7) is 7.57. The van der Waals surface area contributed by atoms with Gasteiger partial charge in [0.1, 0.15) is 0 Å². The van der Waals surface area contributed by atoms with E-state index in [1.807, 2.05) is 6.92 Å². The van der Waals surface area contributed by atoms with Gasteiger partial charge in [0.05, 0.1) is 5.75 Å². The van der Waals surface area contributed by atoms with Crippen molar-refractivity contribution in [2.24, 2.45) is 5.92 Å². The molecule has 0 unspecified atom stereocenters. The number of nitrogens with one attached hydrogen (secondary N) is 1. The maximum absolute atomic E-state index is 12.0. The van der Waals surface area contributed by atoms with Gasteiger partial charge in [0.25, 0.3) is 0 Å². The topological polar surface area (TPSA) is 49.4 Å². The highest BCUT2D eigenvalue weighted by Gasteiger charge is 2.26. The van der Waals surface area contributed by atoms with Crippen LogP contribution in [0.5, 0.6) is 0 Å². The molecule has 0 aliphatic carbocycles. The second-order valence-corrected chi connectivity index (χ2v) is 6.91. The molecule has 0 aromatic rings. The summed E-state index contributed by atoms with van der Waals surface area (Å²) in [5.74, 6) is 0.967. The fourth-order valence-corrected chi connectivity index (χ4v) is 3.87. The maximum atomic E-state index is 12.0. The van der Waals surface area contributed by atoms with Crippen molar-refractivity contribution in [1.82, 2.24) is 9.62 Å². The van der Waals surface area contributed by atoms with Gasteiger partial charge in [0, 0.05) is 13.1 Å². The minimum absolute atomic E-state index is 0.321. The Morgan fingerprint density at radius 3 is 2.41 bits per heavy atom. The van der Waals surface area contributed by atoms with Gasteiger partial charge >= 0.3 is 0 Å². The molecule has 102 valence electrons. The minimum atomic E-state index is -2.98. The lowest BCUT2D eigenvalue weighted by atomic mass is 9.98. The number of sulfonamides is 1. The zero-order valence-corrected chi connectivity index (χ0v) is 11.9. The van der Waals surface area contributed by atoms with E-state index in [1.165, 1.54) is 0 Å². The van der Waals surface area contributed by atoms with Gasteiger partial charge in [-0.25, -0.2) is 12.7 Å². The molecule has 0 saturated carbocycles. The lowest BCUT2D eigenvalue weighted by Gasteiger charge is -2.31. The van der Waals surface area contributed by atoms with Gasteiger partial charge in [-0.15, -0.1) is 0 Å². The van der Waals surface area contributed by atoms with Crippen LogP contribution in [0.4, 0.5) is 0 Å². The molecule has 0 spiro atoms. The summed E-state index contributed by atoms with van der Waals surface area (Å²) in [5.41, 5.74) is 0. The molecule has 0 atom stereocenters. The van der Waals surface area contributed by atoms with Gasteiger partial charge in [0.2, 0.25) is 10.0 Å². The van der Waals surface area contributed by atoms with Crippen LogP contribution in [0.3, 0.4) is 0 Å². The molecular weight excluding hydrogens is 236 g/mol. The van der Waals surface area contributed by atoms with Crippen LogP contribution in [-0.2, 0) is 10.0 Å². The van der Waals surface area contributed by atoms with Crippen LogP contribution in [0.15, 0.2) is 0 Å². The van der Waals surface area contributed by atoms with Crippen LogP contribution in [-0.4, -0.2) is 44.7 Å². The lowest BCUT2D eigenvalue weighted by molar-refractivity contribution is 0.268. The average molecular weight is 262 g/mol. The molecule has 1 rings (SSSR count). The molecule has 0 aromatic heterocycles. The molecule has 17 heavy (non-hydrogen) atoms. The van der Waals surface area contributed by atoms with Crippen molar-refractivity contribution in [1.29, 1.82) is 0 Å². The highest BCUT2D eigenvalue weighted by Crippen LogP contribution is 2.19. The second-order valence-electron chi connectivity index (χ2n) is 4.82. The molecule has 1 aliphatic rings. The summed E-state index contributed by atoms with van der Waals surface area (Å²) in [5, 5.41) is 3.34. The van der Waals surface area contributed by atoms with Crippen molar-refractivity contribution >= 4 is 10.0 Å². The second kappa shape index (κ2) is 7.34. The van der Waals surface area contributed by atoms with E-state index in [4.69, 9.17) is 0 Å². The number of hydrogen-bond acceptors (Lipinski definition) is 3. The Morgan fingerprint density at radius 2 is 1.88 bits per heavy atom. The van der Waals surface area contributed by atoms with E-state index in [9.17, 15) is 8.42 Å². The lowest BCUT2D eigenvalue weighted by Crippen LogP contribution is -2.41. The number of nitrogens with zero attached hydrogens (tertiary/aromatic N) is 1. The number of unbranched alkanes of at least 4 members (excludes halogenated alkanes) is 1. The monoisotopic (exact) mass is 262 g/mol. The summed E-state index contributed by atoms with van der Waals surface area (Å²) in [4.78, 5) is 0. The van der Waals surface area contributed by atoms with E-state index >= 15 is 0 Å². The summed E-state index contributed by atoms with van der Waals surface area (Å²) < 4.78 is 25.6. The first-order valence-corrected chi connectivity index (χ1v) is 8.39. The Hall–Kier alpha value is -0.130. The third kappa shape index (κ3) is 4.94. The number of hydrogen-bond donors (Lipinski definition) is 1. The Labute approximate surface area is 106 Å². The normalized spacial score (nSPS) is 19.6. The van der Waals surface area contributed by atoms with E-state index in [0.717, 1.165) is 38.8 Å². The van der Waals surface area contributed by atoms with Gasteiger partial charge in [0.15, 0.2) is 0 Å². The van der Waals surface area contributed by atoms with E-state index in [-0.39, 0.29) is 0 Å². The van der Waals surface area contributed by atoms with E-state index in [2.05, 4.69) is 12.2 Å². The van der Waals surface area contributed by atoms with Crippen molar-refractivity contribution < 1.29 is 8.42 Å². The Kier molecular flexibility index (Phi) is 6.44. The molecule has 5 heteroatoms. The summed E-state index contributed by atoms with van der Waals surface area (Å²) in [6, 6.07) is 0. The van der Waals surface area contributed by atoms with E-state index in [0.29, 0.717) is 24.8 Å². The first-order chi connectivity index (χ1) is 8.10.